The van der Waals surface area contributed by atoms with E-state index in [4.69, 9.17) is 4.98 Å². The summed E-state index contributed by atoms with van der Waals surface area (Å²) in [6.07, 6.45) is 9.33. The van der Waals surface area contributed by atoms with Crippen LogP contribution in [0.1, 0.15) is 37.4 Å². The molecule has 0 amide bonds. The molecule has 0 aliphatic heterocycles. The van der Waals surface area contributed by atoms with Crippen molar-refractivity contribution in [2.75, 3.05) is 0 Å². The number of imidazole rings is 1. The van der Waals surface area contributed by atoms with Crippen molar-refractivity contribution in [1.82, 2.24) is 15.0 Å². The van der Waals surface area contributed by atoms with Crippen molar-refractivity contribution in [3.8, 4) is 0 Å². The van der Waals surface area contributed by atoms with Gasteiger partial charge in [0, 0.05) is 12.1 Å². The largest absolute Gasteiger partial charge is 0.340 e. The third kappa shape index (κ3) is 1.14. The third-order valence-corrected chi connectivity index (χ3v) is 4.27. The number of nitrogens with zero attached hydrogens (tertiary/aromatic N) is 2. The lowest BCUT2D eigenvalue weighted by Gasteiger charge is -2.04. The molecular weight excluding hydrogens is 198 g/mol. The Morgan fingerprint density at radius 2 is 2.00 bits per heavy atom. The maximum Gasteiger partial charge on any atom is 0.110 e. The highest BCUT2D eigenvalue weighted by Crippen LogP contribution is 2.60. The summed E-state index contributed by atoms with van der Waals surface area (Å²) in [5.74, 6) is 3.76. The molecule has 0 radical (unpaired) electrons. The number of nitrogens with one attached hydrogen (secondary N) is 1. The van der Waals surface area contributed by atoms with E-state index in [0.717, 1.165) is 28.8 Å². The highest BCUT2D eigenvalue weighted by molar-refractivity contribution is 5.73. The summed E-state index contributed by atoms with van der Waals surface area (Å²) in [6.45, 7) is 0. The summed E-state index contributed by atoms with van der Waals surface area (Å²) in [5, 5.41) is 0. The van der Waals surface area contributed by atoms with E-state index in [1.54, 1.807) is 0 Å². The molecular formula is C13H15N3. The Bertz CT molecular complexity index is 486. The number of rotatable bonds is 1. The highest BCUT2D eigenvalue weighted by Gasteiger charge is 2.52. The van der Waals surface area contributed by atoms with E-state index < -0.39 is 0 Å². The lowest BCUT2D eigenvalue weighted by molar-refractivity contribution is 0.480. The summed E-state index contributed by atoms with van der Waals surface area (Å²) in [5.41, 5.74) is 2.15. The van der Waals surface area contributed by atoms with Crippen LogP contribution in [0.15, 0.2) is 18.5 Å². The van der Waals surface area contributed by atoms with E-state index >= 15 is 0 Å². The van der Waals surface area contributed by atoms with E-state index in [2.05, 4.69) is 9.97 Å². The second-order valence-corrected chi connectivity index (χ2v) is 5.15. The molecule has 0 bridgehead atoms. The van der Waals surface area contributed by atoms with Crippen LogP contribution >= 0.6 is 0 Å². The minimum Gasteiger partial charge on any atom is -0.340 e. The zero-order chi connectivity index (χ0) is 10.5. The van der Waals surface area contributed by atoms with Gasteiger partial charge in [0.25, 0.3) is 0 Å². The Morgan fingerprint density at radius 3 is 2.75 bits per heavy atom. The summed E-state index contributed by atoms with van der Waals surface area (Å²) < 4.78 is 0. The zero-order valence-corrected chi connectivity index (χ0v) is 9.19. The fourth-order valence-corrected chi connectivity index (χ4v) is 3.43. The minimum absolute atomic E-state index is 0.717. The summed E-state index contributed by atoms with van der Waals surface area (Å²) in [6, 6.07) is 1.99. The Hall–Kier alpha value is -1.38. The molecule has 82 valence electrons. The normalized spacial score (nSPS) is 32.6. The summed E-state index contributed by atoms with van der Waals surface area (Å²) >= 11 is 0. The van der Waals surface area contributed by atoms with Gasteiger partial charge in [0.1, 0.15) is 5.82 Å². The van der Waals surface area contributed by atoms with Gasteiger partial charge in [-0.05, 0) is 30.7 Å². The van der Waals surface area contributed by atoms with E-state index in [1.807, 2.05) is 18.5 Å². The number of aromatic amines is 1. The van der Waals surface area contributed by atoms with Crippen LogP contribution in [0.2, 0.25) is 0 Å². The number of fused-ring (bicyclic) bond motifs is 2. The fourth-order valence-electron chi connectivity index (χ4n) is 3.43. The van der Waals surface area contributed by atoms with Crippen molar-refractivity contribution < 1.29 is 0 Å². The Labute approximate surface area is 94.3 Å². The molecule has 2 saturated carbocycles. The molecule has 2 unspecified atom stereocenters. The van der Waals surface area contributed by atoms with Gasteiger partial charge in [0.2, 0.25) is 0 Å². The average molecular weight is 213 g/mol. The average Bonchev–Trinajstić information content (AvgIpc) is 2.91. The van der Waals surface area contributed by atoms with Gasteiger partial charge >= 0.3 is 0 Å². The van der Waals surface area contributed by atoms with Gasteiger partial charge in [-0.2, -0.15) is 0 Å². The molecule has 0 aromatic carbocycles. The molecule has 16 heavy (non-hydrogen) atoms. The van der Waals surface area contributed by atoms with Crippen molar-refractivity contribution >= 4 is 11.0 Å². The van der Waals surface area contributed by atoms with Crippen molar-refractivity contribution in [2.45, 2.75) is 31.6 Å². The van der Waals surface area contributed by atoms with Crippen LogP contribution in [0.5, 0.6) is 0 Å². The molecule has 2 aliphatic carbocycles. The SMILES string of the molecule is c1cc2nc(C3C4CCCCC43)[nH]c2cn1. The van der Waals surface area contributed by atoms with Crippen LogP contribution < -0.4 is 0 Å². The molecule has 0 spiro atoms. The molecule has 2 atom stereocenters. The van der Waals surface area contributed by atoms with Crippen LogP contribution in [-0.2, 0) is 0 Å². The first-order chi connectivity index (χ1) is 7.93. The van der Waals surface area contributed by atoms with Gasteiger partial charge in [0.15, 0.2) is 0 Å². The molecule has 2 fully saturated rings. The van der Waals surface area contributed by atoms with Gasteiger partial charge < -0.3 is 4.98 Å². The topological polar surface area (TPSA) is 41.6 Å². The summed E-state index contributed by atoms with van der Waals surface area (Å²) in [4.78, 5) is 12.3. The molecule has 0 saturated heterocycles. The predicted molar refractivity (Wildman–Crippen MR) is 62.1 cm³/mol. The zero-order valence-electron chi connectivity index (χ0n) is 9.19. The maximum atomic E-state index is 4.70. The van der Waals surface area contributed by atoms with Gasteiger partial charge in [-0.25, -0.2) is 4.98 Å². The van der Waals surface area contributed by atoms with Crippen molar-refractivity contribution in [1.29, 1.82) is 0 Å². The Morgan fingerprint density at radius 1 is 1.19 bits per heavy atom. The van der Waals surface area contributed by atoms with E-state index in [-0.39, 0.29) is 0 Å². The van der Waals surface area contributed by atoms with Gasteiger partial charge in [-0.1, -0.05) is 12.8 Å². The van der Waals surface area contributed by atoms with E-state index in [1.165, 1.54) is 31.5 Å². The monoisotopic (exact) mass is 213 g/mol. The van der Waals surface area contributed by atoms with E-state index in [0.29, 0.717) is 0 Å². The molecule has 1 N–H and O–H groups in total. The lowest BCUT2D eigenvalue weighted by atomic mass is 10.0. The first kappa shape index (κ1) is 8.74. The van der Waals surface area contributed by atoms with Crippen molar-refractivity contribution in [3.05, 3.63) is 24.3 Å². The Kier molecular flexibility index (Phi) is 1.67. The number of hydrogen-bond donors (Lipinski definition) is 1. The standard InChI is InChI=1S/C13H15N3/c1-2-4-9-8(3-1)12(9)13-15-10-5-6-14-7-11(10)16-13/h5-9,12H,1-4H2,(H,15,16). The molecule has 3 nitrogen and oxygen atoms in total. The molecule has 3 heteroatoms. The van der Waals surface area contributed by atoms with Crippen LogP contribution in [0.3, 0.4) is 0 Å². The van der Waals surface area contributed by atoms with Crippen LogP contribution in [0.25, 0.3) is 11.0 Å². The third-order valence-electron chi connectivity index (χ3n) is 4.27. The van der Waals surface area contributed by atoms with Gasteiger partial charge in [-0.3, -0.25) is 4.98 Å². The number of aromatic nitrogens is 3. The van der Waals surface area contributed by atoms with Crippen LogP contribution in [0.4, 0.5) is 0 Å². The smallest absolute Gasteiger partial charge is 0.110 e. The van der Waals surface area contributed by atoms with Gasteiger partial charge in [-0.15, -0.1) is 0 Å². The molecule has 4 rings (SSSR count). The number of H-pyrrole nitrogens is 1. The predicted octanol–water partition coefficient (Wildman–Crippen LogP) is 2.86. The highest BCUT2D eigenvalue weighted by atomic mass is 15.0. The molecule has 2 aromatic heterocycles. The second-order valence-electron chi connectivity index (χ2n) is 5.15. The van der Waals surface area contributed by atoms with Gasteiger partial charge in [0.05, 0.1) is 17.2 Å². The fraction of sp³-hybridized carbons (Fsp3) is 0.538. The number of hydrogen-bond acceptors (Lipinski definition) is 2. The second kappa shape index (κ2) is 3.06. The van der Waals surface area contributed by atoms with E-state index in [9.17, 15) is 0 Å². The van der Waals surface area contributed by atoms with Crippen molar-refractivity contribution in [3.63, 3.8) is 0 Å². The maximum absolute atomic E-state index is 4.70. The summed E-state index contributed by atoms with van der Waals surface area (Å²) in [7, 11) is 0. The van der Waals surface area contributed by atoms with Crippen molar-refractivity contribution in [2.24, 2.45) is 11.8 Å². The first-order valence-corrected chi connectivity index (χ1v) is 6.23. The molecule has 2 aliphatic rings. The van der Waals surface area contributed by atoms with Crippen LogP contribution in [0, 0.1) is 11.8 Å². The van der Waals surface area contributed by atoms with Crippen LogP contribution in [-0.4, -0.2) is 15.0 Å². The first-order valence-electron chi connectivity index (χ1n) is 6.23. The lowest BCUT2D eigenvalue weighted by Crippen LogP contribution is -1.91. The molecule has 2 heterocycles. The quantitative estimate of drug-likeness (QED) is 0.791. The number of pyridine rings is 1. The minimum atomic E-state index is 0.717. The molecule has 2 aromatic rings. The Balaban J connectivity index is 1.72.